The lowest BCUT2D eigenvalue weighted by Gasteiger charge is -2.17. The molecule has 0 spiro atoms. The SMILES string of the molecule is COC(=O)[C@@H](NC(=O)CCCCO)NC(=O)OCc1ccccc1. The molecule has 0 saturated carbocycles. The molecule has 1 aromatic carbocycles. The number of nitrogens with one attached hydrogen (secondary N) is 2. The number of ether oxygens (including phenoxy) is 2. The van der Waals surface area contributed by atoms with E-state index in [0.717, 1.165) is 12.7 Å². The van der Waals surface area contributed by atoms with Gasteiger partial charge in [-0.15, -0.1) is 0 Å². The number of hydrogen-bond acceptors (Lipinski definition) is 6. The lowest BCUT2D eigenvalue weighted by molar-refractivity contribution is -0.145. The average Bonchev–Trinajstić information content (AvgIpc) is 2.60. The molecule has 24 heavy (non-hydrogen) atoms. The monoisotopic (exact) mass is 338 g/mol. The zero-order valence-electron chi connectivity index (χ0n) is 13.5. The van der Waals surface area contributed by atoms with Gasteiger partial charge in [0.05, 0.1) is 7.11 Å². The molecule has 3 N–H and O–H groups in total. The third-order valence-corrected chi connectivity index (χ3v) is 3.03. The molecule has 1 aromatic rings. The van der Waals surface area contributed by atoms with Gasteiger partial charge in [0.15, 0.2) is 0 Å². The van der Waals surface area contributed by atoms with Crippen molar-refractivity contribution in [2.75, 3.05) is 13.7 Å². The van der Waals surface area contributed by atoms with Gasteiger partial charge in [0, 0.05) is 13.0 Å². The minimum absolute atomic E-state index is 0.0161. The largest absolute Gasteiger partial charge is 0.466 e. The molecule has 0 aliphatic heterocycles. The van der Waals surface area contributed by atoms with Crippen molar-refractivity contribution in [1.82, 2.24) is 10.6 Å². The Balaban J connectivity index is 2.47. The maximum atomic E-state index is 11.8. The molecule has 0 bridgehead atoms. The first kappa shape index (κ1) is 19.4. The molecule has 0 radical (unpaired) electrons. The molecule has 0 heterocycles. The molecule has 0 aliphatic rings. The van der Waals surface area contributed by atoms with Crippen molar-refractivity contribution in [1.29, 1.82) is 0 Å². The Bertz CT molecular complexity index is 535. The zero-order valence-corrected chi connectivity index (χ0v) is 13.5. The van der Waals surface area contributed by atoms with Crippen LogP contribution in [-0.2, 0) is 25.7 Å². The fourth-order valence-corrected chi connectivity index (χ4v) is 1.78. The van der Waals surface area contributed by atoms with Gasteiger partial charge in [-0.3, -0.25) is 10.1 Å². The second-order valence-electron chi connectivity index (χ2n) is 4.91. The number of carbonyl (C=O) groups excluding carboxylic acids is 3. The minimum Gasteiger partial charge on any atom is -0.466 e. The molecule has 0 unspecified atom stereocenters. The van der Waals surface area contributed by atoms with E-state index in [9.17, 15) is 14.4 Å². The third kappa shape index (κ3) is 7.59. The average molecular weight is 338 g/mol. The smallest absolute Gasteiger partial charge is 0.409 e. The summed E-state index contributed by atoms with van der Waals surface area (Å²) in [7, 11) is 1.14. The maximum absolute atomic E-state index is 11.8. The van der Waals surface area contributed by atoms with Crippen LogP contribution in [0.5, 0.6) is 0 Å². The number of esters is 1. The van der Waals surface area contributed by atoms with Crippen molar-refractivity contribution >= 4 is 18.0 Å². The molecule has 1 rings (SSSR count). The highest BCUT2D eigenvalue weighted by Crippen LogP contribution is 2.01. The van der Waals surface area contributed by atoms with Crippen LogP contribution in [0.2, 0.25) is 0 Å². The molecule has 8 heteroatoms. The Morgan fingerprint density at radius 3 is 2.46 bits per heavy atom. The van der Waals surface area contributed by atoms with Gasteiger partial charge in [-0.2, -0.15) is 0 Å². The van der Waals surface area contributed by atoms with E-state index in [0.29, 0.717) is 12.8 Å². The fourth-order valence-electron chi connectivity index (χ4n) is 1.78. The van der Waals surface area contributed by atoms with Crippen molar-refractivity contribution in [3.05, 3.63) is 35.9 Å². The van der Waals surface area contributed by atoms with E-state index in [4.69, 9.17) is 9.84 Å². The summed E-state index contributed by atoms with van der Waals surface area (Å²) in [4.78, 5) is 35.1. The van der Waals surface area contributed by atoms with Crippen molar-refractivity contribution in [3.8, 4) is 0 Å². The van der Waals surface area contributed by atoms with Crippen LogP contribution >= 0.6 is 0 Å². The third-order valence-electron chi connectivity index (χ3n) is 3.03. The molecule has 0 saturated heterocycles. The van der Waals surface area contributed by atoms with E-state index in [1.165, 1.54) is 0 Å². The molecule has 0 aliphatic carbocycles. The first-order valence-corrected chi connectivity index (χ1v) is 7.52. The Kier molecular flexibility index (Phi) is 8.91. The van der Waals surface area contributed by atoms with E-state index >= 15 is 0 Å². The van der Waals surface area contributed by atoms with E-state index in [1.807, 2.05) is 6.07 Å². The number of aliphatic hydroxyl groups is 1. The number of amides is 2. The van der Waals surface area contributed by atoms with Crippen LogP contribution in [0, 0.1) is 0 Å². The lowest BCUT2D eigenvalue weighted by atomic mass is 10.2. The topological polar surface area (TPSA) is 114 Å². The van der Waals surface area contributed by atoms with Gasteiger partial charge in [-0.05, 0) is 18.4 Å². The number of alkyl carbamates (subject to hydrolysis) is 1. The van der Waals surface area contributed by atoms with E-state index in [1.54, 1.807) is 24.3 Å². The van der Waals surface area contributed by atoms with E-state index in [2.05, 4.69) is 15.4 Å². The number of aliphatic hydroxyl groups excluding tert-OH is 1. The quantitative estimate of drug-likeness (QED) is 0.347. The Labute approximate surface area is 140 Å². The van der Waals surface area contributed by atoms with Gasteiger partial charge < -0.3 is 19.9 Å². The first-order chi connectivity index (χ1) is 11.6. The van der Waals surface area contributed by atoms with Crippen LogP contribution in [0.4, 0.5) is 4.79 Å². The summed E-state index contributed by atoms with van der Waals surface area (Å²) in [6, 6.07) is 9.02. The van der Waals surface area contributed by atoms with Gasteiger partial charge >= 0.3 is 12.1 Å². The summed E-state index contributed by atoms with van der Waals surface area (Å²) in [6.07, 6.45) is -1.13. The van der Waals surface area contributed by atoms with Crippen molar-refractivity contribution in [2.24, 2.45) is 0 Å². The molecule has 132 valence electrons. The summed E-state index contributed by atoms with van der Waals surface area (Å²) in [5.74, 6) is -1.26. The number of methoxy groups -OCH3 is 1. The summed E-state index contributed by atoms with van der Waals surface area (Å²) in [6.45, 7) is 0.0167. The summed E-state index contributed by atoms with van der Waals surface area (Å²) >= 11 is 0. The number of unbranched alkanes of at least 4 members (excludes halogenated alkanes) is 1. The van der Waals surface area contributed by atoms with Crippen molar-refractivity contribution < 1.29 is 29.0 Å². The molecule has 1 atom stereocenters. The van der Waals surface area contributed by atoms with Gasteiger partial charge in [0.1, 0.15) is 6.61 Å². The number of carbonyl (C=O) groups is 3. The van der Waals surface area contributed by atoms with Crippen LogP contribution in [0.25, 0.3) is 0 Å². The van der Waals surface area contributed by atoms with Crippen LogP contribution in [0.15, 0.2) is 30.3 Å². The molecule has 0 fully saturated rings. The second kappa shape index (κ2) is 11.0. The van der Waals surface area contributed by atoms with Crippen molar-refractivity contribution in [2.45, 2.75) is 32.0 Å². The van der Waals surface area contributed by atoms with Crippen LogP contribution in [0.1, 0.15) is 24.8 Å². The molecule has 0 aromatic heterocycles. The van der Waals surface area contributed by atoms with Crippen LogP contribution in [-0.4, -0.2) is 43.0 Å². The molecular formula is C16H22N2O6. The summed E-state index contributed by atoms with van der Waals surface area (Å²) < 4.78 is 9.53. The van der Waals surface area contributed by atoms with E-state index in [-0.39, 0.29) is 19.6 Å². The predicted octanol–water partition coefficient (Wildman–Crippen LogP) is 0.691. The minimum atomic E-state index is -1.33. The Morgan fingerprint density at radius 1 is 1.12 bits per heavy atom. The Hall–Kier alpha value is -2.61. The highest BCUT2D eigenvalue weighted by atomic mass is 16.6. The normalized spacial score (nSPS) is 11.2. The molecule has 2 amide bonds. The first-order valence-electron chi connectivity index (χ1n) is 7.52. The van der Waals surface area contributed by atoms with Gasteiger partial charge in [0.2, 0.25) is 12.1 Å². The standard InChI is InChI=1S/C16H22N2O6/c1-23-15(21)14(17-13(20)9-5-6-10-19)18-16(22)24-11-12-7-3-2-4-8-12/h2-4,7-8,14,19H,5-6,9-11H2,1H3,(H,17,20)(H,18,22)/t14-/m0/s1. The summed E-state index contributed by atoms with van der Waals surface area (Å²) in [5, 5.41) is 13.3. The number of hydrogen-bond donors (Lipinski definition) is 3. The predicted molar refractivity (Wildman–Crippen MR) is 84.6 cm³/mol. The highest BCUT2D eigenvalue weighted by molar-refractivity contribution is 5.86. The number of rotatable bonds is 9. The van der Waals surface area contributed by atoms with Gasteiger partial charge in [-0.1, -0.05) is 30.3 Å². The lowest BCUT2D eigenvalue weighted by Crippen LogP contribution is -2.53. The van der Waals surface area contributed by atoms with E-state index < -0.39 is 24.1 Å². The molecule has 8 nitrogen and oxygen atoms in total. The maximum Gasteiger partial charge on any atom is 0.409 e. The van der Waals surface area contributed by atoms with Gasteiger partial charge in [-0.25, -0.2) is 9.59 Å². The zero-order chi connectivity index (χ0) is 17.8. The van der Waals surface area contributed by atoms with Crippen LogP contribution in [0.3, 0.4) is 0 Å². The van der Waals surface area contributed by atoms with Gasteiger partial charge in [0.25, 0.3) is 0 Å². The second-order valence-corrected chi connectivity index (χ2v) is 4.91. The summed E-state index contributed by atoms with van der Waals surface area (Å²) in [5.41, 5.74) is 0.787. The molecular weight excluding hydrogens is 316 g/mol. The Morgan fingerprint density at radius 2 is 1.83 bits per heavy atom. The highest BCUT2D eigenvalue weighted by Gasteiger charge is 2.24. The fraction of sp³-hybridized carbons (Fsp3) is 0.438. The number of benzene rings is 1. The van der Waals surface area contributed by atoms with Crippen molar-refractivity contribution in [3.63, 3.8) is 0 Å². The van der Waals surface area contributed by atoms with Crippen LogP contribution < -0.4 is 10.6 Å².